The molecule has 0 radical (unpaired) electrons. The van der Waals surface area contributed by atoms with Crippen molar-refractivity contribution >= 4 is 22.2 Å². The first-order chi connectivity index (χ1) is 9.81. The van der Waals surface area contributed by atoms with E-state index < -0.39 is 0 Å². The number of hydrogen-bond acceptors (Lipinski definition) is 3. The fraction of sp³-hybridized carbons (Fsp3) is 0.0667. The maximum absolute atomic E-state index is 4.71. The lowest BCUT2D eigenvalue weighted by molar-refractivity contribution is 0.774. The van der Waals surface area contributed by atoms with E-state index in [1.54, 1.807) is 17.5 Å². The van der Waals surface area contributed by atoms with E-state index in [1.165, 1.54) is 5.39 Å². The van der Waals surface area contributed by atoms with E-state index >= 15 is 0 Å². The number of benzene rings is 1. The number of nitrogens with zero attached hydrogens (tertiary/aromatic N) is 3. The molecule has 0 spiro atoms. The highest BCUT2D eigenvalue weighted by Crippen LogP contribution is 2.30. The zero-order valence-electron chi connectivity index (χ0n) is 10.9. The predicted octanol–water partition coefficient (Wildman–Crippen LogP) is 3.69. The van der Waals surface area contributed by atoms with Gasteiger partial charge in [0.05, 0.1) is 11.4 Å². The van der Waals surface area contributed by atoms with Crippen LogP contribution in [0.3, 0.4) is 0 Å². The molecule has 0 saturated carbocycles. The Morgan fingerprint density at radius 2 is 2.10 bits per heavy atom. The van der Waals surface area contributed by atoms with Crippen molar-refractivity contribution in [2.45, 2.75) is 0 Å². The quantitative estimate of drug-likeness (QED) is 0.608. The first-order valence-corrected chi connectivity index (χ1v) is 7.21. The number of fused-ring (bicyclic) bond motifs is 1. The molecule has 1 aromatic carbocycles. The van der Waals surface area contributed by atoms with Crippen molar-refractivity contribution in [3.8, 4) is 22.1 Å². The van der Waals surface area contributed by atoms with Gasteiger partial charge in [0, 0.05) is 29.5 Å². The maximum Gasteiger partial charge on any atom is 0.140 e. The van der Waals surface area contributed by atoms with Crippen LogP contribution in [0.15, 0.2) is 48.0 Å². The van der Waals surface area contributed by atoms with Gasteiger partial charge in [0.15, 0.2) is 0 Å². The van der Waals surface area contributed by atoms with Crippen molar-refractivity contribution in [2.75, 3.05) is 0 Å². The molecule has 0 atom stereocenters. The van der Waals surface area contributed by atoms with Gasteiger partial charge in [0.2, 0.25) is 0 Å². The zero-order chi connectivity index (χ0) is 13.5. The van der Waals surface area contributed by atoms with Gasteiger partial charge >= 0.3 is 0 Å². The molecule has 98 valence electrons. The van der Waals surface area contributed by atoms with Crippen LogP contribution in [0.4, 0.5) is 0 Å². The fourth-order valence-corrected chi connectivity index (χ4v) is 3.11. The molecule has 4 aromatic rings. The molecule has 1 N–H and O–H groups in total. The summed E-state index contributed by atoms with van der Waals surface area (Å²) in [6, 6.07) is 12.4. The molecule has 5 heteroatoms. The van der Waals surface area contributed by atoms with E-state index in [4.69, 9.17) is 4.98 Å². The summed E-state index contributed by atoms with van der Waals surface area (Å²) in [5, 5.41) is 8.46. The van der Waals surface area contributed by atoms with Gasteiger partial charge in [-0.15, -0.1) is 11.3 Å². The minimum Gasteiger partial charge on any atom is -0.353 e. The van der Waals surface area contributed by atoms with E-state index in [9.17, 15) is 0 Å². The number of thiazole rings is 1. The van der Waals surface area contributed by atoms with Gasteiger partial charge < -0.3 is 4.98 Å². The molecular weight excluding hydrogens is 268 g/mol. The number of nitrogens with one attached hydrogen (secondary N) is 1. The lowest BCUT2D eigenvalue weighted by atomic mass is 10.2. The number of para-hydroxylation sites is 1. The number of aryl methyl sites for hydroxylation is 1. The first kappa shape index (κ1) is 11.4. The number of aromatic amines is 1. The van der Waals surface area contributed by atoms with Gasteiger partial charge in [0.25, 0.3) is 0 Å². The van der Waals surface area contributed by atoms with Gasteiger partial charge in [-0.25, -0.2) is 4.98 Å². The topological polar surface area (TPSA) is 46.5 Å². The maximum atomic E-state index is 4.71. The molecule has 0 unspecified atom stereocenters. The lowest BCUT2D eigenvalue weighted by Crippen LogP contribution is -1.93. The largest absolute Gasteiger partial charge is 0.353 e. The predicted molar refractivity (Wildman–Crippen MR) is 81.6 cm³/mol. The molecule has 4 nitrogen and oxygen atoms in total. The van der Waals surface area contributed by atoms with Gasteiger partial charge in [-0.2, -0.15) is 5.10 Å². The van der Waals surface area contributed by atoms with Gasteiger partial charge in [-0.1, -0.05) is 18.2 Å². The summed E-state index contributed by atoms with van der Waals surface area (Å²) in [6.07, 6.45) is 1.79. The summed E-state index contributed by atoms with van der Waals surface area (Å²) in [6.45, 7) is 0. The molecule has 3 heterocycles. The van der Waals surface area contributed by atoms with Gasteiger partial charge in [-0.3, -0.25) is 4.68 Å². The van der Waals surface area contributed by atoms with Crippen LogP contribution in [-0.2, 0) is 7.05 Å². The number of H-pyrrole nitrogens is 1. The Morgan fingerprint density at radius 1 is 1.20 bits per heavy atom. The van der Waals surface area contributed by atoms with Crippen LogP contribution in [0.25, 0.3) is 33.0 Å². The third kappa shape index (κ3) is 1.75. The summed E-state index contributed by atoms with van der Waals surface area (Å²) in [5.41, 5.74) is 4.19. The van der Waals surface area contributed by atoms with Crippen LogP contribution < -0.4 is 0 Å². The summed E-state index contributed by atoms with van der Waals surface area (Å²) >= 11 is 1.64. The average Bonchev–Trinajstić information content (AvgIpc) is 3.15. The fourth-order valence-electron chi connectivity index (χ4n) is 2.33. The highest BCUT2D eigenvalue weighted by molar-refractivity contribution is 7.13. The first-order valence-electron chi connectivity index (χ1n) is 6.33. The van der Waals surface area contributed by atoms with Crippen LogP contribution in [0, 0.1) is 0 Å². The number of aromatic nitrogens is 4. The lowest BCUT2D eigenvalue weighted by Gasteiger charge is -1.95. The highest BCUT2D eigenvalue weighted by Gasteiger charge is 2.11. The molecule has 4 rings (SSSR count). The second kappa shape index (κ2) is 4.31. The molecule has 0 saturated heterocycles. The normalized spacial score (nSPS) is 11.2. The zero-order valence-corrected chi connectivity index (χ0v) is 11.7. The second-order valence-electron chi connectivity index (χ2n) is 4.65. The molecule has 3 aromatic heterocycles. The standard InChI is InChI=1S/C15H12N4S/c1-19-14(6-7-16-19)13-9-20-15(18-13)12-8-10-4-2-3-5-11(10)17-12/h2-9,17H,1H3. The third-order valence-electron chi connectivity index (χ3n) is 3.35. The van der Waals surface area contributed by atoms with Crippen molar-refractivity contribution in [3.05, 3.63) is 48.0 Å². The summed E-state index contributed by atoms with van der Waals surface area (Å²) in [7, 11) is 1.93. The molecule has 0 aliphatic heterocycles. The molecule has 0 amide bonds. The van der Waals surface area contributed by atoms with Gasteiger partial charge in [-0.05, 0) is 18.2 Å². The van der Waals surface area contributed by atoms with Crippen molar-refractivity contribution in [3.63, 3.8) is 0 Å². The van der Waals surface area contributed by atoms with Crippen LogP contribution in [-0.4, -0.2) is 19.7 Å². The molecule has 0 fully saturated rings. The van der Waals surface area contributed by atoms with Crippen LogP contribution in [0.2, 0.25) is 0 Å². The van der Waals surface area contributed by atoms with Crippen molar-refractivity contribution in [1.82, 2.24) is 19.7 Å². The van der Waals surface area contributed by atoms with Crippen LogP contribution in [0.5, 0.6) is 0 Å². The Hall–Kier alpha value is -2.40. The third-order valence-corrected chi connectivity index (χ3v) is 4.22. The number of hydrogen-bond donors (Lipinski definition) is 1. The van der Waals surface area contributed by atoms with E-state index in [-0.39, 0.29) is 0 Å². The Kier molecular flexibility index (Phi) is 2.47. The van der Waals surface area contributed by atoms with Crippen LogP contribution >= 0.6 is 11.3 Å². The molecule has 20 heavy (non-hydrogen) atoms. The molecule has 0 aliphatic rings. The van der Waals surface area contributed by atoms with E-state index in [0.717, 1.165) is 27.6 Å². The summed E-state index contributed by atoms with van der Waals surface area (Å²) in [4.78, 5) is 8.12. The molecule has 0 bridgehead atoms. The number of rotatable bonds is 2. The minimum absolute atomic E-state index is 0.962. The Morgan fingerprint density at radius 3 is 2.90 bits per heavy atom. The monoisotopic (exact) mass is 280 g/mol. The molecule has 0 aliphatic carbocycles. The van der Waals surface area contributed by atoms with E-state index in [0.29, 0.717) is 0 Å². The SMILES string of the molecule is Cn1nccc1-c1csc(-c2cc3ccccc3[nH]2)n1. The van der Waals surface area contributed by atoms with Crippen molar-refractivity contribution < 1.29 is 0 Å². The summed E-state index contributed by atoms with van der Waals surface area (Å²) in [5.74, 6) is 0. The second-order valence-corrected chi connectivity index (χ2v) is 5.51. The Labute approximate surface area is 119 Å². The highest BCUT2D eigenvalue weighted by atomic mass is 32.1. The van der Waals surface area contributed by atoms with E-state index in [1.807, 2.05) is 29.9 Å². The molecular formula is C15H12N4S. The van der Waals surface area contributed by atoms with E-state index in [2.05, 4.69) is 33.7 Å². The van der Waals surface area contributed by atoms with Gasteiger partial charge in [0.1, 0.15) is 10.7 Å². The Bertz CT molecular complexity index is 851. The van der Waals surface area contributed by atoms with Crippen LogP contribution in [0.1, 0.15) is 0 Å². The van der Waals surface area contributed by atoms with Crippen molar-refractivity contribution in [1.29, 1.82) is 0 Å². The minimum atomic E-state index is 0.962. The van der Waals surface area contributed by atoms with Crippen molar-refractivity contribution in [2.24, 2.45) is 7.05 Å². The Balaban J connectivity index is 1.80. The smallest absolute Gasteiger partial charge is 0.140 e. The summed E-state index contributed by atoms with van der Waals surface area (Å²) < 4.78 is 1.84. The average molecular weight is 280 g/mol.